The highest BCUT2D eigenvalue weighted by atomic mass is 32.2. The summed E-state index contributed by atoms with van der Waals surface area (Å²) < 4.78 is 28.5. The Balaban J connectivity index is 1.39. The largest absolute Gasteiger partial charge is 0.308 e. The number of nitrogens with zero attached hydrogens (tertiary/aromatic N) is 1. The van der Waals surface area contributed by atoms with Crippen molar-refractivity contribution in [3.63, 3.8) is 0 Å². The third-order valence-corrected chi connectivity index (χ3v) is 8.78. The number of hydrogen-bond donors (Lipinski definition) is 1. The number of hydrogen-bond acceptors (Lipinski definition) is 4. The van der Waals surface area contributed by atoms with Crippen LogP contribution >= 0.6 is 11.3 Å². The standard InChI is InChI=1S/C23H26N2O2S2/c26-29(27,25-15-7-12-21(18-25)20-10-5-2-6-11-20)23-14-13-22(28-23)17-24-16-19-8-3-1-4-9-19/h1-6,8-11,13-14,21,24H,7,12,15-18H2. The second kappa shape index (κ2) is 9.22. The average molecular weight is 427 g/mol. The minimum absolute atomic E-state index is 0.270. The Morgan fingerprint density at radius 1 is 0.931 bits per heavy atom. The molecule has 152 valence electrons. The molecule has 2 aromatic carbocycles. The molecule has 4 rings (SSSR count). The second-order valence-electron chi connectivity index (χ2n) is 7.42. The molecule has 0 spiro atoms. The molecule has 29 heavy (non-hydrogen) atoms. The fourth-order valence-electron chi connectivity index (χ4n) is 3.80. The van der Waals surface area contributed by atoms with Gasteiger partial charge in [0.15, 0.2) is 0 Å². The predicted octanol–water partition coefficient (Wildman–Crippen LogP) is 4.61. The van der Waals surface area contributed by atoms with E-state index in [0.29, 0.717) is 23.8 Å². The maximum atomic E-state index is 13.2. The molecule has 1 aliphatic heterocycles. The Morgan fingerprint density at radius 2 is 1.66 bits per heavy atom. The van der Waals surface area contributed by atoms with Crippen molar-refractivity contribution in [3.8, 4) is 0 Å². The van der Waals surface area contributed by atoms with E-state index in [2.05, 4.69) is 29.6 Å². The number of nitrogens with one attached hydrogen (secondary N) is 1. The minimum atomic E-state index is -3.44. The fraction of sp³-hybridized carbons (Fsp3) is 0.304. The summed E-state index contributed by atoms with van der Waals surface area (Å²) in [5.41, 5.74) is 2.45. The summed E-state index contributed by atoms with van der Waals surface area (Å²) in [5, 5.41) is 3.39. The van der Waals surface area contributed by atoms with Gasteiger partial charge in [0.2, 0.25) is 0 Å². The van der Waals surface area contributed by atoms with Crippen molar-refractivity contribution in [3.05, 3.63) is 88.8 Å². The Bertz CT molecular complexity index is 1020. The van der Waals surface area contributed by atoms with Crippen LogP contribution in [0.4, 0.5) is 0 Å². The SMILES string of the molecule is O=S(=O)(c1ccc(CNCc2ccccc2)s1)N1CCCC(c2ccccc2)C1. The molecule has 1 saturated heterocycles. The summed E-state index contributed by atoms with van der Waals surface area (Å²) in [7, 11) is -3.44. The van der Waals surface area contributed by atoms with E-state index in [9.17, 15) is 8.42 Å². The zero-order chi connectivity index (χ0) is 20.1. The topological polar surface area (TPSA) is 49.4 Å². The number of piperidine rings is 1. The lowest BCUT2D eigenvalue weighted by Crippen LogP contribution is -2.38. The van der Waals surface area contributed by atoms with Crippen molar-refractivity contribution >= 4 is 21.4 Å². The number of sulfonamides is 1. The van der Waals surface area contributed by atoms with Gasteiger partial charge in [-0.2, -0.15) is 4.31 Å². The Kier molecular flexibility index (Phi) is 6.45. The van der Waals surface area contributed by atoms with Gasteiger partial charge in [0.05, 0.1) is 0 Å². The zero-order valence-electron chi connectivity index (χ0n) is 16.3. The normalized spacial score (nSPS) is 18.0. The van der Waals surface area contributed by atoms with Gasteiger partial charge in [-0.1, -0.05) is 60.7 Å². The molecule has 4 nitrogen and oxygen atoms in total. The third kappa shape index (κ3) is 4.95. The molecule has 1 aliphatic rings. The van der Waals surface area contributed by atoms with Gasteiger partial charge >= 0.3 is 0 Å². The molecule has 1 N–H and O–H groups in total. The first-order valence-corrected chi connectivity index (χ1v) is 12.3. The van der Waals surface area contributed by atoms with Gasteiger partial charge < -0.3 is 5.32 Å². The molecule has 0 bridgehead atoms. The molecule has 0 radical (unpaired) electrons. The summed E-state index contributed by atoms with van der Waals surface area (Å²) in [6.07, 6.45) is 1.94. The van der Waals surface area contributed by atoms with E-state index >= 15 is 0 Å². The first kappa shape index (κ1) is 20.3. The van der Waals surface area contributed by atoms with E-state index < -0.39 is 10.0 Å². The van der Waals surface area contributed by atoms with Crippen molar-refractivity contribution in [2.45, 2.75) is 36.1 Å². The van der Waals surface area contributed by atoms with Crippen LogP contribution in [0, 0.1) is 0 Å². The molecule has 6 heteroatoms. The highest BCUT2D eigenvalue weighted by Crippen LogP contribution is 2.32. The lowest BCUT2D eigenvalue weighted by molar-refractivity contribution is 0.316. The van der Waals surface area contributed by atoms with E-state index in [1.54, 1.807) is 10.4 Å². The van der Waals surface area contributed by atoms with Gasteiger partial charge in [0, 0.05) is 31.1 Å². The quantitative estimate of drug-likeness (QED) is 0.600. The smallest absolute Gasteiger partial charge is 0.252 e. The van der Waals surface area contributed by atoms with E-state index in [-0.39, 0.29) is 5.92 Å². The number of rotatable bonds is 7. The lowest BCUT2D eigenvalue weighted by Gasteiger charge is -2.31. The molecule has 0 amide bonds. The van der Waals surface area contributed by atoms with Crippen LogP contribution in [0.2, 0.25) is 0 Å². The van der Waals surface area contributed by atoms with E-state index in [0.717, 1.165) is 24.3 Å². The van der Waals surface area contributed by atoms with Gasteiger partial charge in [0.1, 0.15) is 4.21 Å². The van der Waals surface area contributed by atoms with Crippen molar-refractivity contribution in [1.29, 1.82) is 0 Å². The van der Waals surface area contributed by atoms with Crippen LogP contribution in [-0.2, 0) is 23.1 Å². The van der Waals surface area contributed by atoms with Crippen LogP contribution in [0.25, 0.3) is 0 Å². The molecular weight excluding hydrogens is 400 g/mol. The van der Waals surface area contributed by atoms with Crippen LogP contribution in [0.5, 0.6) is 0 Å². The third-order valence-electron chi connectivity index (χ3n) is 5.36. The van der Waals surface area contributed by atoms with Crippen LogP contribution in [0.15, 0.2) is 77.0 Å². The van der Waals surface area contributed by atoms with Crippen LogP contribution in [0.3, 0.4) is 0 Å². The van der Waals surface area contributed by atoms with Gasteiger partial charge in [-0.15, -0.1) is 11.3 Å². The molecule has 3 aromatic rings. The number of thiophene rings is 1. The van der Waals surface area contributed by atoms with Gasteiger partial charge in [-0.25, -0.2) is 8.42 Å². The molecule has 1 atom stereocenters. The van der Waals surface area contributed by atoms with Crippen LogP contribution in [-0.4, -0.2) is 25.8 Å². The van der Waals surface area contributed by atoms with Gasteiger partial charge in [-0.3, -0.25) is 0 Å². The molecule has 1 unspecified atom stereocenters. The summed E-state index contributed by atoms with van der Waals surface area (Å²) in [6.45, 7) is 2.60. The maximum Gasteiger partial charge on any atom is 0.252 e. The van der Waals surface area contributed by atoms with Crippen molar-refractivity contribution in [1.82, 2.24) is 9.62 Å². The molecule has 1 aromatic heterocycles. The monoisotopic (exact) mass is 426 g/mol. The first-order valence-electron chi connectivity index (χ1n) is 10.0. The predicted molar refractivity (Wildman–Crippen MR) is 118 cm³/mol. The highest BCUT2D eigenvalue weighted by molar-refractivity contribution is 7.91. The lowest BCUT2D eigenvalue weighted by atomic mass is 9.92. The molecular formula is C23H26N2O2S2. The highest BCUT2D eigenvalue weighted by Gasteiger charge is 2.31. The van der Waals surface area contributed by atoms with Crippen LogP contribution < -0.4 is 5.32 Å². The van der Waals surface area contributed by atoms with Crippen molar-refractivity contribution < 1.29 is 8.42 Å². The Hall–Kier alpha value is -1.99. The van der Waals surface area contributed by atoms with E-state index in [1.807, 2.05) is 42.5 Å². The summed E-state index contributed by atoms with van der Waals surface area (Å²) in [5.74, 6) is 0.270. The Labute approximate surface area is 177 Å². The molecule has 2 heterocycles. The average Bonchev–Trinajstić information content (AvgIpc) is 3.25. The first-order chi connectivity index (χ1) is 14.1. The number of benzene rings is 2. The van der Waals surface area contributed by atoms with E-state index in [4.69, 9.17) is 0 Å². The van der Waals surface area contributed by atoms with Crippen molar-refractivity contribution in [2.75, 3.05) is 13.1 Å². The van der Waals surface area contributed by atoms with Crippen molar-refractivity contribution in [2.24, 2.45) is 0 Å². The summed E-state index contributed by atoms with van der Waals surface area (Å²) in [4.78, 5) is 1.04. The van der Waals surface area contributed by atoms with Crippen LogP contribution in [0.1, 0.15) is 34.8 Å². The maximum absolute atomic E-state index is 13.2. The summed E-state index contributed by atoms with van der Waals surface area (Å²) in [6, 6.07) is 24.1. The fourth-order valence-corrected chi connectivity index (χ4v) is 6.81. The zero-order valence-corrected chi connectivity index (χ0v) is 18.0. The minimum Gasteiger partial charge on any atom is -0.308 e. The molecule has 0 aliphatic carbocycles. The molecule has 1 fully saturated rings. The second-order valence-corrected chi connectivity index (χ2v) is 10.8. The van der Waals surface area contributed by atoms with Gasteiger partial charge in [0.25, 0.3) is 10.0 Å². The Morgan fingerprint density at radius 3 is 2.41 bits per heavy atom. The van der Waals surface area contributed by atoms with Gasteiger partial charge in [-0.05, 0) is 42.0 Å². The molecule has 0 saturated carbocycles. The van der Waals surface area contributed by atoms with E-state index in [1.165, 1.54) is 22.5 Å². The summed E-state index contributed by atoms with van der Waals surface area (Å²) >= 11 is 1.37.